The summed E-state index contributed by atoms with van der Waals surface area (Å²) in [6.45, 7) is 3.43. The van der Waals surface area contributed by atoms with Gasteiger partial charge in [0.25, 0.3) is 0 Å². The van der Waals surface area contributed by atoms with E-state index in [0.717, 1.165) is 13.0 Å². The highest BCUT2D eigenvalue weighted by atomic mass is 14.9. The lowest BCUT2D eigenvalue weighted by Gasteiger charge is -2.13. The Morgan fingerprint density at radius 2 is 1.00 bits per heavy atom. The minimum absolute atomic E-state index is 0.648. The fourth-order valence-electron chi connectivity index (χ4n) is 4.05. The van der Waals surface area contributed by atoms with E-state index >= 15 is 0 Å². The van der Waals surface area contributed by atoms with Crippen LogP contribution in [0.3, 0.4) is 0 Å². The third kappa shape index (κ3) is 12.5. The van der Waals surface area contributed by atoms with E-state index in [1.54, 1.807) is 0 Å². The maximum Gasteiger partial charge on any atom is 0.00388 e. The van der Waals surface area contributed by atoms with Gasteiger partial charge >= 0.3 is 0 Å². The van der Waals surface area contributed by atoms with E-state index in [1.807, 2.05) is 0 Å². The molecule has 1 heteroatoms. The van der Waals surface area contributed by atoms with Crippen molar-refractivity contribution in [1.29, 1.82) is 0 Å². The Kier molecular flexibility index (Phi) is 13.2. The highest BCUT2D eigenvalue weighted by Gasteiger charge is 2.01. The molecule has 0 aliphatic carbocycles. The lowest BCUT2D eigenvalue weighted by atomic mass is 10.0. The van der Waals surface area contributed by atoms with Crippen molar-refractivity contribution in [2.24, 2.45) is 0 Å². The summed E-state index contributed by atoms with van der Waals surface area (Å²) in [5, 5.41) is 3.68. The molecule has 2 aromatic carbocycles. The number of hydrogen-bond acceptors (Lipinski definition) is 1. The molecular weight excluding hydrogens is 350 g/mol. The molecule has 0 radical (unpaired) electrons. The summed E-state index contributed by atoms with van der Waals surface area (Å²) in [4.78, 5) is 0. The summed E-state index contributed by atoms with van der Waals surface area (Å²) >= 11 is 0. The van der Waals surface area contributed by atoms with Crippen LogP contribution in [0.25, 0.3) is 0 Å². The first-order valence-corrected chi connectivity index (χ1v) is 12.2. The zero-order valence-electron chi connectivity index (χ0n) is 18.8. The molecule has 0 aromatic heterocycles. The van der Waals surface area contributed by atoms with Crippen LogP contribution in [0, 0.1) is 0 Å². The molecule has 0 saturated heterocycles. The first kappa shape index (κ1) is 23.7. The predicted molar refractivity (Wildman–Crippen MR) is 129 cm³/mol. The van der Waals surface area contributed by atoms with E-state index in [1.165, 1.54) is 88.2 Å². The van der Waals surface area contributed by atoms with Crippen molar-refractivity contribution in [2.75, 3.05) is 6.54 Å². The highest BCUT2D eigenvalue weighted by Crippen LogP contribution is 2.13. The first-order valence-electron chi connectivity index (χ1n) is 12.2. The van der Waals surface area contributed by atoms with Gasteiger partial charge in [-0.05, 0) is 50.3 Å². The number of aryl methyl sites for hydroxylation is 1. The minimum atomic E-state index is 0.648. The first-order chi connectivity index (χ1) is 14.3. The summed E-state index contributed by atoms with van der Waals surface area (Å²) in [7, 11) is 0. The van der Waals surface area contributed by atoms with Crippen LogP contribution >= 0.6 is 0 Å². The van der Waals surface area contributed by atoms with Crippen molar-refractivity contribution in [3.05, 3.63) is 71.8 Å². The molecule has 1 nitrogen and oxygen atoms in total. The summed E-state index contributed by atoms with van der Waals surface area (Å²) in [6.07, 6.45) is 17.8. The van der Waals surface area contributed by atoms with E-state index < -0.39 is 0 Å². The van der Waals surface area contributed by atoms with Crippen LogP contribution in [0.2, 0.25) is 0 Å². The fraction of sp³-hybridized carbons (Fsp3) is 0.571. The van der Waals surface area contributed by atoms with Crippen LogP contribution in [0.1, 0.15) is 88.7 Å². The number of unbranched alkanes of at least 4 members (excludes halogenated alkanes) is 9. The quantitative estimate of drug-likeness (QED) is 0.271. The monoisotopic (exact) mass is 393 g/mol. The van der Waals surface area contributed by atoms with Crippen molar-refractivity contribution < 1.29 is 0 Å². The smallest absolute Gasteiger partial charge is 0.00388 e. The molecule has 0 bridgehead atoms. The Morgan fingerprint density at radius 1 is 0.552 bits per heavy atom. The van der Waals surface area contributed by atoms with Crippen molar-refractivity contribution in [3.63, 3.8) is 0 Å². The van der Waals surface area contributed by atoms with Gasteiger partial charge in [-0.25, -0.2) is 0 Å². The van der Waals surface area contributed by atoms with Crippen molar-refractivity contribution in [3.8, 4) is 0 Å². The van der Waals surface area contributed by atoms with Crippen LogP contribution in [-0.4, -0.2) is 12.6 Å². The Bertz CT molecular complexity index is 592. The molecule has 29 heavy (non-hydrogen) atoms. The molecular formula is C28H43N. The van der Waals surface area contributed by atoms with E-state index in [2.05, 4.69) is 72.9 Å². The van der Waals surface area contributed by atoms with Crippen LogP contribution in [-0.2, 0) is 12.8 Å². The average Bonchev–Trinajstić information content (AvgIpc) is 2.76. The SMILES string of the molecule is CC(CCCCCCCCCCCCc1ccccc1)NCCc1ccccc1. The summed E-state index contributed by atoms with van der Waals surface area (Å²) in [5.74, 6) is 0. The molecule has 0 amide bonds. The number of hydrogen-bond donors (Lipinski definition) is 1. The number of rotatable bonds is 17. The van der Waals surface area contributed by atoms with Crippen molar-refractivity contribution in [2.45, 2.75) is 96.4 Å². The predicted octanol–water partition coefficient (Wildman–Crippen LogP) is 7.74. The van der Waals surface area contributed by atoms with Gasteiger partial charge in [0.15, 0.2) is 0 Å². The third-order valence-corrected chi connectivity index (χ3v) is 5.94. The van der Waals surface area contributed by atoms with Gasteiger partial charge in [0, 0.05) is 6.04 Å². The van der Waals surface area contributed by atoms with Gasteiger partial charge in [-0.15, -0.1) is 0 Å². The molecule has 1 atom stereocenters. The Hall–Kier alpha value is -1.60. The molecule has 1 N–H and O–H groups in total. The second kappa shape index (κ2) is 16.2. The molecule has 0 aliphatic rings. The summed E-state index contributed by atoms with van der Waals surface area (Å²) in [6, 6.07) is 22.3. The summed E-state index contributed by atoms with van der Waals surface area (Å²) in [5.41, 5.74) is 2.93. The minimum Gasteiger partial charge on any atom is -0.314 e. The van der Waals surface area contributed by atoms with Crippen LogP contribution in [0.4, 0.5) is 0 Å². The summed E-state index contributed by atoms with van der Waals surface area (Å²) < 4.78 is 0. The number of benzene rings is 2. The average molecular weight is 394 g/mol. The molecule has 2 rings (SSSR count). The molecule has 2 aromatic rings. The van der Waals surface area contributed by atoms with Gasteiger partial charge in [-0.1, -0.05) is 118 Å². The number of nitrogens with one attached hydrogen (secondary N) is 1. The van der Waals surface area contributed by atoms with Crippen LogP contribution < -0.4 is 5.32 Å². The van der Waals surface area contributed by atoms with E-state index in [4.69, 9.17) is 0 Å². The van der Waals surface area contributed by atoms with Gasteiger partial charge in [-0.3, -0.25) is 0 Å². The van der Waals surface area contributed by atoms with E-state index in [-0.39, 0.29) is 0 Å². The lowest BCUT2D eigenvalue weighted by molar-refractivity contribution is 0.478. The fourth-order valence-corrected chi connectivity index (χ4v) is 4.05. The topological polar surface area (TPSA) is 12.0 Å². The molecule has 0 aliphatic heterocycles. The zero-order chi connectivity index (χ0) is 20.4. The van der Waals surface area contributed by atoms with Crippen molar-refractivity contribution >= 4 is 0 Å². The molecule has 0 spiro atoms. The van der Waals surface area contributed by atoms with Gasteiger partial charge in [0.05, 0.1) is 0 Å². The van der Waals surface area contributed by atoms with Gasteiger partial charge in [-0.2, -0.15) is 0 Å². The normalized spacial score (nSPS) is 12.2. The molecule has 0 heterocycles. The standard InChI is InChI=1S/C28H43N/c1-26(29-25-24-28-22-16-11-17-23-28)18-12-8-6-4-2-3-5-7-9-13-19-27-20-14-10-15-21-27/h10-11,14-17,20-23,26,29H,2-9,12-13,18-19,24-25H2,1H3. The van der Waals surface area contributed by atoms with Gasteiger partial charge in [0.2, 0.25) is 0 Å². The lowest BCUT2D eigenvalue weighted by Crippen LogP contribution is -2.27. The maximum atomic E-state index is 3.68. The van der Waals surface area contributed by atoms with E-state index in [0.29, 0.717) is 6.04 Å². The van der Waals surface area contributed by atoms with Gasteiger partial charge < -0.3 is 5.32 Å². The highest BCUT2D eigenvalue weighted by molar-refractivity contribution is 5.15. The molecule has 0 fully saturated rings. The van der Waals surface area contributed by atoms with Crippen LogP contribution in [0.15, 0.2) is 60.7 Å². The second-order valence-corrected chi connectivity index (χ2v) is 8.65. The van der Waals surface area contributed by atoms with E-state index in [9.17, 15) is 0 Å². The Morgan fingerprint density at radius 3 is 1.55 bits per heavy atom. The van der Waals surface area contributed by atoms with Crippen molar-refractivity contribution in [1.82, 2.24) is 5.32 Å². The zero-order valence-corrected chi connectivity index (χ0v) is 18.8. The Balaban J connectivity index is 1.30. The van der Waals surface area contributed by atoms with Crippen LogP contribution in [0.5, 0.6) is 0 Å². The third-order valence-electron chi connectivity index (χ3n) is 5.94. The Labute approximate surface area is 180 Å². The van der Waals surface area contributed by atoms with Gasteiger partial charge in [0.1, 0.15) is 0 Å². The molecule has 0 saturated carbocycles. The molecule has 1 unspecified atom stereocenters. The second-order valence-electron chi connectivity index (χ2n) is 8.65. The largest absolute Gasteiger partial charge is 0.314 e. The maximum absolute atomic E-state index is 3.68. The molecule has 160 valence electrons.